The standard InChI is InChI=1S/C27H34FN3O3/c1-29-21-31(24-7-3-2-4-8-24)26(25(29)32)14-17-30(18-15-26)16-5-13-27(33-19-6-20-34-27)22-9-11-23(28)12-10-22/h2-4,7-12H,5-6,13-21H2,1H3. The number of carbonyl (C=O) groups is 1. The van der Waals surface area contributed by atoms with E-state index in [2.05, 4.69) is 21.9 Å². The van der Waals surface area contributed by atoms with Crippen LogP contribution in [0.1, 0.15) is 37.7 Å². The monoisotopic (exact) mass is 467 g/mol. The lowest BCUT2D eigenvalue weighted by molar-refractivity contribution is -0.280. The number of nitrogens with zero attached hydrogens (tertiary/aromatic N) is 3. The number of rotatable bonds is 6. The lowest BCUT2D eigenvalue weighted by atomic mass is 9.85. The van der Waals surface area contributed by atoms with Crippen molar-refractivity contribution in [1.82, 2.24) is 9.80 Å². The minimum atomic E-state index is -0.794. The van der Waals surface area contributed by atoms with Crippen LogP contribution in [0.25, 0.3) is 0 Å². The van der Waals surface area contributed by atoms with Gasteiger partial charge in [0.05, 0.1) is 19.9 Å². The van der Waals surface area contributed by atoms with Gasteiger partial charge in [0.15, 0.2) is 5.79 Å². The lowest BCUT2D eigenvalue weighted by Gasteiger charge is -2.43. The van der Waals surface area contributed by atoms with Crippen molar-refractivity contribution in [3.05, 3.63) is 66.0 Å². The van der Waals surface area contributed by atoms with Crippen molar-refractivity contribution >= 4 is 11.6 Å². The van der Waals surface area contributed by atoms with E-state index in [1.807, 2.05) is 30.1 Å². The van der Waals surface area contributed by atoms with Gasteiger partial charge in [-0.3, -0.25) is 4.79 Å². The van der Waals surface area contributed by atoms with Gasteiger partial charge in [-0.15, -0.1) is 0 Å². The zero-order valence-electron chi connectivity index (χ0n) is 19.9. The molecule has 182 valence electrons. The number of amides is 1. The van der Waals surface area contributed by atoms with E-state index < -0.39 is 11.3 Å². The van der Waals surface area contributed by atoms with Crippen LogP contribution < -0.4 is 4.90 Å². The van der Waals surface area contributed by atoms with Crippen LogP contribution in [0.5, 0.6) is 0 Å². The summed E-state index contributed by atoms with van der Waals surface area (Å²) < 4.78 is 25.7. The highest BCUT2D eigenvalue weighted by molar-refractivity contribution is 5.93. The van der Waals surface area contributed by atoms with Gasteiger partial charge in [-0.05, 0) is 56.5 Å². The van der Waals surface area contributed by atoms with Crippen molar-refractivity contribution in [1.29, 1.82) is 0 Å². The van der Waals surface area contributed by atoms with Gasteiger partial charge in [0.2, 0.25) is 5.91 Å². The van der Waals surface area contributed by atoms with Crippen molar-refractivity contribution in [3.8, 4) is 0 Å². The summed E-state index contributed by atoms with van der Waals surface area (Å²) in [6, 6.07) is 16.8. The molecule has 2 aromatic carbocycles. The Hall–Kier alpha value is -2.48. The average Bonchev–Trinajstić information content (AvgIpc) is 3.12. The van der Waals surface area contributed by atoms with Crippen molar-refractivity contribution in [3.63, 3.8) is 0 Å². The molecule has 3 fully saturated rings. The molecule has 3 saturated heterocycles. The smallest absolute Gasteiger partial charge is 0.249 e. The summed E-state index contributed by atoms with van der Waals surface area (Å²) in [6.45, 7) is 4.62. The zero-order chi connectivity index (χ0) is 23.6. The molecule has 6 nitrogen and oxygen atoms in total. The predicted molar refractivity (Wildman–Crippen MR) is 129 cm³/mol. The summed E-state index contributed by atoms with van der Waals surface area (Å²) in [6.07, 6.45) is 4.14. The molecule has 0 atom stereocenters. The number of ether oxygens (including phenoxy) is 2. The van der Waals surface area contributed by atoms with Crippen molar-refractivity contribution in [2.24, 2.45) is 0 Å². The molecule has 0 N–H and O–H groups in total. The molecule has 3 heterocycles. The molecule has 0 saturated carbocycles. The molecule has 0 radical (unpaired) electrons. The Morgan fingerprint density at radius 3 is 2.32 bits per heavy atom. The second-order valence-electron chi connectivity index (χ2n) is 9.70. The third kappa shape index (κ3) is 4.32. The van der Waals surface area contributed by atoms with Crippen LogP contribution in [0.15, 0.2) is 54.6 Å². The highest BCUT2D eigenvalue weighted by Gasteiger charge is 2.52. The second kappa shape index (κ2) is 9.64. The number of hydrogen-bond donors (Lipinski definition) is 0. The van der Waals surface area contributed by atoms with Crippen molar-refractivity contribution in [2.45, 2.75) is 43.4 Å². The average molecular weight is 468 g/mol. The Kier molecular flexibility index (Phi) is 6.60. The maximum atomic E-state index is 13.5. The van der Waals surface area contributed by atoms with Crippen LogP contribution in [-0.2, 0) is 20.1 Å². The van der Waals surface area contributed by atoms with Crippen LogP contribution >= 0.6 is 0 Å². The first-order valence-corrected chi connectivity index (χ1v) is 12.4. The largest absolute Gasteiger partial charge is 0.346 e. The van der Waals surface area contributed by atoms with Crippen LogP contribution in [0, 0.1) is 5.82 Å². The highest BCUT2D eigenvalue weighted by atomic mass is 19.1. The number of likely N-dealkylation sites (N-methyl/N-ethyl adjacent to an activating group) is 1. The first-order chi connectivity index (χ1) is 16.5. The highest BCUT2D eigenvalue weighted by Crippen LogP contribution is 2.40. The van der Waals surface area contributed by atoms with Crippen molar-refractivity contribution in [2.75, 3.05) is 51.5 Å². The number of anilines is 1. The summed E-state index contributed by atoms with van der Waals surface area (Å²) in [5, 5.41) is 0. The molecule has 0 aromatic heterocycles. The van der Waals surface area contributed by atoms with Crippen LogP contribution in [-0.4, -0.2) is 67.8 Å². The van der Waals surface area contributed by atoms with E-state index in [0.717, 1.165) is 63.0 Å². The van der Waals surface area contributed by atoms with Gasteiger partial charge >= 0.3 is 0 Å². The molecule has 0 unspecified atom stereocenters. The molecule has 1 amide bonds. The van der Waals surface area contributed by atoms with Crippen LogP contribution in [0.2, 0.25) is 0 Å². The number of piperidine rings is 1. The topological polar surface area (TPSA) is 45.2 Å². The fraction of sp³-hybridized carbons (Fsp3) is 0.519. The van der Waals surface area contributed by atoms with E-state index in [4.69, 9.17) is 9.47 Å². The Morgan fingerprint density at radius 2 is 1.65 bits per heavy atom. The minimum Gasteiger partial charge on any atom is -0.346 e. The van der Waals surface area contributed by atoms with Crippen molar-refractivity contribution < 1.29 is 18.7 Å². The maximum Gasteiger partial charge on any atom is 0.249 e. The molecule has 5 rings (SSSR count). The maximum absolute atomic E-state index is 13.5. The Balaban J connectivity index is 1.21. The molecule has 7 heteroatoms. The third-order valence-electron chi connectivity index (χ3n) is 7.59. The molecular weight excluding hydrogens is 433 g/mol. The fourth-order valence-corrected chi connectivity index (χ4v) is 5.72. The van der Waals surface area contributed by atoms with E-state index in [1.54, 1.807) is 12.1 Å². The predicted octanol–water partition coefficient (Wildman–Crippen LogP) is 3.97. The quantitative estimate of drug-likeness (QED) is 0.644. The third-order valence-corrected chi connectivity index (χ3v) is 7.59. The SMILES string of the molecule is CN1CN(c2ccccc2)C2(CCN(CCCC3(c4ccc(F)cc4)OCCCO3)CC2)C1=O. The molecule has 3 aliphatic heterocycles. The van der Waals surface area contributed by atoms with Gasteiger partial charge in [0.25, 0.3) is 0 Å². The van der Waals surface area contributed by atoms with E-state index in [1.165, 1.54) is 12.1 Å². The summed E-state index contributed by atoms with van der Waals surface area (Å²) in [5.74, 6) is -0.819. The molecular formula is C27H34FN3O3. The molecule has 1 spiro atoms. The summed E-state index contributed by atoms with van der Waals surface area (Å²) >= 11 is 0. The lowest BCUT2D eigenvalue weighted by Crippen LogP contribution is -2.56. The Labute approximate surface area is 201 Å². The summed E-state index contributed by atoms with van der Waals surface area (Å²) in [7, 11) is 1.90. The summed E-state index contributed by atoms with van der Waals surface area (Å²) in [5.41, 5.74) is 1.54. The van der Waals surface area contributed by atoms with Crippen LogP contribution in [0.3, 0.4) is 0 Å². The molecule has 2 aromatic rings. The van der Waals surface area contributed by atoms with Crippen LogP contribution in [0.4, 0.5) is 10.1 Å². The second-order valence-corrected chi connectivity index (χ2v) is 9.70. The van der Waals surface area contributed by atoms with Gasteiger partial charge in [0.1, 0.15) is 11.4 Å². The van der Waals surface area contributed by atoms with Gasteiger partial charge in [0, 0.05) is 37.8 Å². The molecule has 3 aliphatic rings. The number of halogens is 1. The number of para-hydroxylation sites is 1. The zero-order valence-corrected chi connectivity index (χ0v) is 19.9. The van der Waals surface area contributed by atoms with E-state index in [0.29, 0.717) is 19.9 Å². The summed E-state index contributed by atoms with van der Waals surface area (Å²) in [4.78, 5) is 19.8. The Bertz CT molecular complexity index is 970. The molecule has 0 bridgehead atoms. The van der Waals surface area contributed by atoms with E-state index in [9.17, 15) is 9.18 Å². The minimum absolute atomic E-state index is 0.232. The number of benzene rings is 2. The Morgan fingerprint density at radius 1 is 0.971 bits per heavy atom. The number of likely N-dealkylation sites (tertiary alicyclic amines) is 1. The number of hydrogen-bond acceptors (Lipinski definition) is 5. The normalized spacial score (nSPS) is 22.5. The van der Waals surface area contributed by atoms with Gasteiger partial charge in [-0.1, -0.05) is 30.3 Å². The fourth-order valence-electron chi connectivity index (χ4n) is 5.72. The van der Waals surface area contributed by atoms with E-state index >= 15 is 0 Å². The first-order valence-electron chi connectivity index (χ1n) is 12.4. The number of carbonyl (C=O) groups excluding carboxylic acids is 1. The molecule has 34 heavy (non-hydrogen) atoms. The van der Waals surface area contributed by atoms with Gasteiger partial charge in [-0.2, -0.15) is 0 Å². The first kappa shape index (κ1) is 23.3. The van der Waals surface area contributed by atoms with Gasteiger partial charge in [-0.25, -0.2) is 4.39 Å². The molecule has 0 aliphatic carbocycles. The van der Waals surface area contributed by atoms with E-state index in [-0.39, 0.29) is 11.7 Å². The van der Waals surface area contributed by atoms with Gasteiger partial charge < -0.3 is 24.2 Å².